The molecule has 5 rings (SSSR count). The van der Waals surface area contributed by atoms with Gasteiger partial charge in [0.1, 0.15) is 5.54 Å². The lowest BCUT2D eigenvalue weighted by atomic mass is 9.64. The van der Waals surface area contributed by atoms with Crippen LogP contribution in [0.4, 0.5) is 28.0 Å². The van der Waals surface area contributed by atoms with Crippen LogP contribution in [-0.2, 0) is 11.7 Å². The molecule has 2 aromatic heterocycles. The number of fused-ring (bicyclic) bond motifs is 2. The Morgan fingerprint density at radius 1 is 1.21 bits per heavy atom. The summed E-state index contributed by atoms with van der Waals surface area (Å²) in [6.45, 7) is 3.81. The van der Waals surface area contributed by atoms with Gasteiger partial charge >= 0.3 is 18.1 Å². The number of alkyl halides is 3. The van der Waals surface area contributed by atoms with Crippen LogP contribution < -0.4 is 5.32 Å². The molecular weight excluding hydrogens is 456 g/mol. The number of carbonyl (C=O) groups is 1. The molecule has 4 heterocycles. The summed E-state index contributed by atoms with van der Waals surface area (Å²) in [4.78, 5) is 22.8. The van der Waals surface area contributed by atoms with Crippen molar-refractivity contribution in [1.29, 1.82) is 0 Å². The number of piperidine rings is 1. The topological polar surface area (TPSA) is 97.0 Å². The standard InChI is InChI=1S/C22H20F4N6O2/c1-11-5-15-8-21(7-11,18-30-31-19(34-18)22(24,25)26)32(15)20(33)29-14-4-3-12(2)16(6-14)17-27-9-13(23)10-28-17/h3-4,6,9-11,15H,5,7-8H2,1-2H3,(H,29,33)/t11-,15+,21-/m1/s1. The molecule has 2 bridgehead atoms. The Balaban J connectivity index is 1.43. The Labute approximate surface area is 191 Å². The quantitative estimate of drug-likeness (QED) is 0.539. The van der Waals surface area contributed by atoms with Crippen molar-refractivity contribution in [2.45, 2.75) is 50.9 Å². The average Bonchev–Trinajstić information content (AvgIpc) is 3.26. The van der Waals surface area contributed by atoms with Crippen molar-refractivity contribution in [3.05, 3.63) is 53.8 Å². The highest BCUT2D eigenvalue weighted by Gasteiger charge is 2.62. The lowest BCUT2D eigenvalue weighted by Gasteiger charge is -2.61. The molecule has 0 spiro atoms. The maximum absolute atomic E-state index is 13.3. The second-order valence-corrected chi connectivity index (χ2v) is 8.90. The molecular formula is C22H20F4N6O2. The number of hydrogen-bond acceptors (Lipinski definition) is 6. The first-order valence-corrected chi connectivity index (χ1v) is 10.7. The van der Waals surface area contributed by atoms with Gasteiger partial charge in [-0.3, -0.25) is 0 Å². The van der Waals surface area contributed by atoms with E-state index < -0.39 is 29.5 Å². The van der Waals surface area contributed by atoms with Crippen LogP contribution in [0.5, 0.6) is 0 Å². The molecule has 2 aliphatic rings. The van der Waals surface area contributed by atoms with E-state index in [1.807, 2.05) is 13.8 Å². The van der Waals surface area contributed by atoms with Gasteiger partial charge in [-0.25, -0.2) is 19.2 Å². The van der Waals surface area contributed by atoms with E-state index in [0.29, 0.717) is 29.9 Å². The van der Waals surface area contributed by atoms with Crippen LogP contribution in [-0.4, -0.2) is 37.1 Å². The van der Waals surface area contributed by atoms with E-state index >= 15 is 0 Å². The van der Waals surface area contributed by atoms with Crippen LogP contribution in [0.2, 0.25) is 0 Å². The lowest BCUT2D eigenvalue weighted by Crippen LogP contribution is -2.70. The number of nitrogens with one attached hydrogen (secondary N) is 1. The number of hydrogen-bond donors (Lipinski definition) is 1. The highest BCUT2D eigenvalue weighted by molar-refractivity contribution is 5.91. The SMILES string of the molecule is Cc1ccc(NC(=O)N2[C@H]3C[C@@H](C)C[C@]2(c2nnc(C(F)(F)F)o2)C3)cc1-c1ncc(F)cn1. The zero-order chi connectivity index (χ0) is 24.3. The molecule has 0 aliphatic carbocycles. The number of nitrogens with zero attached hydrogens (tertiary/aromatic N) is 5. The maximum Gasteiger partial charge on any atom is 0.470 e. The van der Waals surface area contributed by atoms with E-state index in [9.17, 15) is 22.4 Å². The zero-order valence-electron chi connectivity index (χ0n) is 18.2. The van der Waals surface area contributed by atoms with E-state index in [0.717, 1.165) is 24.4 Å². The third-order valence-electron chi connectivity index (χ3n) is 6.39. The molecule has 2 saturated heterocycles. The van der Waals surface area contributed by atoms with Crippen molar-refractivity contribution in [3.63, 3.8) is 0 Å². The fourth-order valence-electron chi connectivity index (χ4n) is 5.05. The molecule has 2 aliphatic heterocycles. The van der Waals surface area contributed by atoms with Gasteiger partial charge in [0.25, 0.3) is 0 Å². The highest BCUT2D eigenvalue weighted by atomic mass is 19.4. The summed E-state index contributed by atoms with van der Waals surface area (Å²) < 4.78 is 57.3. The summed E-state index contributed by atoms with van der Waals surface area (Å²) in [5, 5.41) is 9.63. The van der Waals surface area contributed by atoms with Gasteiger partial charge < -0.3 is 14.6 Å². The van der Waals surface area contributed by atoms with Crippen LogP contribution in [0.15, 0.2) is 35.0 Å². The van der Waals surface area contributed by atoms with Crippen LogP contribution in [0.25, 0.3) is 11.4 Å². The van der Waals surface area contributed by atoms with Gasteiger partial charge in [0.05, 0.1) is 12.4 Å². The fraction of sp³-hybridized carbons (Fsp3) is 0.409. The van der Waals surface area contributed by atoms with E-state index in [1.165, 1.54) is 4.90 Å². The maximum atomic E-state index is 13.3. The minimum Gasteiger partial charge on any atom is -0.415 e. The number of rotatable bonds is 3. The molecule has 0 unspecified atom stereocenters. The molecule has 0 saturated carbocycles. The number of carbonyl (C=O) groups excluding carboxylic acids is 1. The lowest BCUT2D eigenvalue weighted by molar-refractivity contribution is -0.161. The van der Waals surface area contributed by atoms with Crippen molar-refractivity contribution in [2.75, 3.05) is 5.32 Å². The molecule has 34 heavy (non-hydrogen) atoms. The van der Waals surface area contributed by atoms with Gasteiger partial charge in [-0.1, -0.05) is 13.0 Å². The Hall–Kier alpha value is -3.57. The third kappa shape index (κ3) is 3.66. The van der Waals surface area contributed by atoms with Crippen LogP contribution >= 0.6 is 0 Å². The number of benzene rings is 1. The molecule has 12 heteroatoms. The largest absolute Gasteiger partial charge is 0.470 e. The summed E-state index contributed by atoms with van der Waals surface area (Å²) in [6, 6.07) is 4.49. The smallest absolute Gasteiger partial charge is 0.415 e. The summed E-state index contributed by atoms with van der Waals surface area (Å²) in [7, 11) is 0. The van der Waals surface area contributed by atoms with Gasteiger partial charge in [0, 0.05) is 23.7 Å². The minimum absolute atomic E-state index is 0.157. The first-order chi connectivity index (χ1) is 16.1. The molecule has 1 aromatic carbocycles. The van der Waals surface area contributed by atoms with Crippen molar-refractivity contribution < 1.29 is 26.8 Å². The van der Waals surface area contributed by atoms with Crippen molar-refractivity contribution in [1.82, 2.24) is 25.1 Å². The second-order valence-electron chi connectivity index (χ2n) is 8.90. The zero-order valence-corrected chi connectivity index (χ0v) is 18.2. The van der Waals surface area contributed by atoms with Crippen LogP contribution in [0.1, 0.15) is 43.5 Å². The monoisotopic (exact) mass is 476 g/mol. The van der Waals surface area contributed by atoms with Gasteiger partial charge in [0.15, 0.2) is 11.6 Å². The van der Waals surface area contributed by atoms with Crippen molar-refractivity contribution in [3.8, 4) is 11.4 Å². The molecule has 2 amide bonds. The van der Waals surface area contributed by atoms with Crippen molar-refractivity contribution >= 4 is 11.7 Å². The Morgan fingerprint density at radius 2 is 1.94 bits per heavy atom. The normalized spacial score (nSPS) is 24.0. The van der Waals surface area contributed by atoms with Gasteiger partial charge in [-0.15, -0.1) is 10.2 Å². The first kappa shape index (κ1) is 22.2. The van der Waals surface area contributed by atoms with E-state index in [2.05, 4.69) is 25.5 Å². The van der Waals surface area contributed by atoms with E-state index in [-0.39, 0.29) is 17.9 Å². The van der Waals surface area contributed by atoms with Crippen molar-refractivity contribution in [2.24, 2.45) is 5.92 Å². The number of anilines is 1. The Bertz CT molecular complexity index is 1240. The first-order valence-electron chi connectivity index (χ1n) is 10.7. The Morgan fingerprint density at radius 3 is 2.62 bits per heavy atom. The third-order valence-corrected chi connectivity index (χ3v) is 6.39. The molecule has 8 nitrogen and oxygen atoms in total. The number of aromatic nitrogens is 4. The van der Waals surface area contributed by atoms with E-state index in [4.69, 9.17) is 4.42 Å². The summed E-state index contributed by atoms with van der Waals surface area (Å²) >= 11 is 0. The number of urea groups is 1. The number of aryl methyl sites for hydroxylation is 1. The van der Waals surface area contributed by atoms with E-state index in [1.54, 1.807) is 18.2 Å². The minimum atomic E-state index is -4.76. The highest BCUT2D eigenvalue weighted by Crippen LogP contribution is 2.55. The predicted molar refractivity (Wildman–Crippen MR) is 111 cm³/mol. The summed E-state index contributed by atoms with van der Waals surface area (Å²) in [6.07, 6.45) is -1.07. The summed E-state index contributed by atoms with van der Waals surface area (Å²) in [5.74, 6) is -1.73. The predicted octanol–water partition coefficient (Wildman–Crippen LogP) is 4.92. The molecule has 3 atom stereocenters. The van der Waals surface area contributed by atoms with Gasteiger partial charge in [0.2, 0.25) is 5.89 Å². The molecule has 3 aromatic rings. The molecule has 2 fully saturated rings. The molecule has 178 valence electrons. The summed E-state index contributed by atoms with van der Waals surface area (Å²) in [5.41, 5.74) is 0.780. The number of amides is 2. The molecule has 1 N–H and O–H groups in total. The second kappa shape index (κ2) is 7.74. The Kier molecular flexibility index (Phi) is 5.06. The van der Waals surface area contributed by atoms with Crippen LogP contribution in [0.3, 0.4) is 0 Å². The van der Waals surface area contributed by atoms with Gasteiger partial charge in [-0.05, 0) is 43.4 Å². The average molecular weight is 476 g/mol. The fourth-order valence-corrected chi connectivity index (χ4v) is 5.05. The van der Waals surface area contributed by atoms with Gasteiger partial charge in [-0.2, -0.15) is 13.2 Å². The number of halogens is 4. The molecule has 0 radical (unpaired) electrons. The van der Waals surface area contributed by atoms with Crippen LogP contribution in [0, 0.1) is 18.7 Å².